The third-order valence-electron chi connectivity index (χ3n) is 6.15. The number of methoxy groups -OCH3 is 1. The second kappa shape index (κ2) is 6.36. The molecule has 0 bridgehead atoms. The van der Waals surface area contributed by atoms with Gasteiger partial charge in [0.25, 0.3) is 5.91 Å². The Morgan fingerprint density at radius 3 is 2.61 bits per heavy atom. The molecule has 0 N–H and O–H groups in total. The lowest BCUT2D eigenvalue weighted by atomic mass is 9.99. The maximum atomic E-state index is 13.1. The molecule has 1 aromatic heterocycles. The van der Waals surface area contributed by atoms with Crippen LogP contribution < -0.4 is 9.64 Å². The SMILES string of the molecule is CCN1C(=O)c2ncn(Cc3ccc(OC)cc3)c2N2CC3(CCCC3)N=C12. The van der Waals surface area contributed by atoms with Gasteiger partial charge in [0, 0.05) is 6.54 Å². The molecule has 28 heavy (non-hydrogen) atoms. The summed E-state index contributed by atoms with van der Waals surface area (Å²) in [5.74, 6) is 2.48. The summed E-state index contributed by atoms with van der Waals surface area (Å²) in [5, 5.41) is 0. The Kier molecular flexibility index (Phi) is 3.92. The van der Waals surface area contributed by atoms with Gasteiger partial charge in [0.1, 0.15) is 11.6 Å². The number of guanidine groups is 1. The molecule has 1 fully saturated rings. The van der Waals surface area contributed by atoms with Crippen molar-refractivity contribution in [3.8, 4) is 5.75 Å². The molecule has 0 atom stereocenters. The first-order chi connectivity index (χ1) is 13.6. The van der Waals surface area contributed by atoms with Crippen LogP contribution in [0.4, 0.5) is 5.82 Å². The van der Waals surface area contributed by atoms with E-state index in [-0.39, 0.29) is 11.4 Å². The molecule has 1 amide bonds. The zero-order valence-corrected chi connectivity index (χ0v) is 16.4. The topological polar surface area (TPSA) is 63.0 Å². The van der Waals surface area contributed by atoms with Gasteiger partial charge in [-0.15, -0.1) is 0 Å². The van der Waals surface area contributed by atoms with E-state index < -0.39 is 0 Å². The molecule has 3 heterocycles. The zero-order valence-electron chi connectivity index (χ0n) is 16.4. The van der Waals surface area contributed by atoms with Crippen LogP contribution >= 0.6 is 0 Å². The molecule has 0 radical (unpaired) electrons. The Balaban J connectivity index is 1.53. The lowest BCUT2D eigenvalue weighted by Gasteiger charge is -2.34. The molecule has 0 unspecified atom stereocenters. The summed E-state index contributed by atoms with van der Waals surface area (Å²) in [6, 6.07) is 8.01. The molecule has 146 valence electrons. The number of aromatic nitrogens is 2. The monoisotopic (exact) mass is 379 g/mol. The first-order valence-corrected chi connectivity index (χ1v) is 10.0. The van der Waals surface area contributed by atoms with Crippen LogP contribution in [-0.2, 0) is 6.54 Å². The van der Waals surface area contributed by atoms with Gasteiger partial charge in [-0.3, -0.25) is 14.6 Å². The number of amides is 1. The molecule has 3 aliphatic rings. The fraction of sp³-hybridized carbons (Fsp3) is 0.476. The molecular weight excluding hydrogens is 354 g/mol. The molecule has 2 aliphatic heterocycles. The van der Waals surface area contributed by atoms with E-state index in [0.717, 1.165) is 42.5 Å². The molecule has 1 aromatic carbocycles. The van der Waals surface area contributed by atoms with Crippen LogP contribution in [0.1, 0.15) is 48.7 Å². The number of carbonyl (C=O) groups excluding carboxylic acids is 1. The molecule has 7 nitrogen and oxygen atoms in total. The van der Waals surface area contributed by atoms with Crippen LogP contribution in [0.25, 0.3) is 0 Å². The van der Waals surface area contributed by atoms with Gasteiger partial charge in [-0.05, 0) is 37.5 Å². The third kappa shape index (κ3) is 2.52. The lowest BCUT2D eigenvalue weighted by molar-refractivity contribution is 0.0841. The van der Waals surface area contributed by atoms with E-state index in [0.29, 0.717) is 18.8 Å². The summed E-state index contributed by atoms with van der Waals surface area (Å²) < 4.78 is 7.33. The minimum absolute atomic E-state index is 0.0418. The van der Waals surface area contributed by atoms with E-state index in [2.05, 4.69) is 14.5 Å². The standard InChI is InChI=1S/C21H25N5O2/c1-3-25-19(27)17-18(26-13-21(23-20(25)26)10-4-5-11-21)24(14-22-17)12-15-6-8-16(28-2)9-7-15/h6-9,14H,3-5,10-13H2,1-2H3. The number of hydrogen-bond donors (Lipinski definition) is 0. The summed E-state index contributed by atoms with van der Waals surface area (Å²) >= 11 is 0. The largest absolute Gasteiger partial charge is 0.497 e. The molecule has 5 rings (SSSR count). The number of ether oxygens (including phenoxy) is 1. The van der Waals surface area contributed by atoms with E-state index in [1.165, 1.54) is 12.8 Å². The van der Waals surface area contributed by atoms with Crippen LogP contribution in [0.2, 0.25) is 0 Å². The number of rotatable bonds is 4. The molecule has 0 saturated heterocycles. The maximum Gasteiger partial charge on any atom is 0.283 e. The molecule has 1 aliphatic carbocycles. The second-order valence-corrected chi connectivity index (χ2v) is 7.87. The van der Waals surface area contributed by atoms with Gasteiger partial charge in [0.2, 0.25) is 5.96 Å². The molecule has 1 spiro atoms. The van der Waals surface area contributed by atoms with Gasteiger partial charge in [0.15, 0.2) is 5.69 Å². The maximum absolute atomic E-state index is 13.1. The number of nitrogens with zero attached hydrogens (tertiary/aromatic N) is 5. The minimum atomic E-state index is -0.0453. The number of imidazole rings is 1. The van der Waals surface area contributed by atoms with Gasteiger partial charge in [0.05, 0.1) is 32.1 Å². The van der Waals surface area contributed by atoms with Crippen molar-refractivity contribution < 1.29 is 9.53 Å². The molecule has 7 heteroatoms. The van der Waals surface area contributed by atoms with E-state index in [4.69, 9.17) is 9.73 Å². The van der Waals surface area contributed by atoms with Gasteiger partial charge in [-0.1, -0.05) is 25.0 Å². The Labute approximate surface area is 164 Å². The van der Waals surface area contributed by atoms with E-state index in [1.54, 1.807) is 18.3 Å². The highest BCUT2D eigenvalue weighted by Gasteiger charge is 2.49. The van der Waals surface area contributed by atoms with Gasteiger partial charge in [-0.25, -0.2) is 9.98 Å². The van der Waals surface area contributed by atoms with Crippen molar-refractivity contribution in [1.82, 2.24) is 14.5 Å². The minimum Gasteiger partial charge on any atom is -0.497 e. The summed E-state index contributed by atoms with van der Waals surface area (Å²) in [7, 11) is 1.67. The van der Waals surface area contributed by atoms with Crippen molar-refractivity contribution in [1.29, 1.82) is 0 Å². The fourth-order valence-electron chi connectivity index (χ4n) is 4.71. The Hall–Kier alpha value is -2.83. The van der Waals surface area contributed by atoms with E-state index in [9.17, 15) is 4.79 Å². The smallest absolute Gasteiger partial charge is 0.283 e. The number of aliphatic imine (C=N–C) groups is 1. The van der Waals surface area contributed by atoms with Crippen molar-refractivity contribution in [2.24, 2.45) is 4.99 Å². The van der Waals surface area contributed by atoms with Crippen molar-refractivity contribution in [3.63, 3.8) is 0 Å². The van der Waals surface area contributed by atoms with Crippen molar-refractivity contribution >= 4 is 17.7 Å². The second-order valence-electron chi connectivity index (χ2n) is 7.87. The van der Waals surface area contributed by atoms with Crippen molar-refractivity contribution in [2.45, 2.75) is 44.7 Å². The van der Waals surface area contributed by atoms with Crippen LogP contribution in [0, 0.1) is 0 Å². The van der Waals surface area contributed by atoms with Crippen LogP contribution in [-0.4, -0.2) is 52.1 Å². The predicted molar refractivity (Wildman–Crippen MR) is 107 cm³/mol. The van der Waals surface area contributed by atoms with E-state index >= 15 is 0 Å². The Morgan fingerprint density at radius 1 is 1.18 bits per heavy atom. The number of fused-ring (bicyclic) bond motifs is 3. The van der Waals surface area contributed by atoms with Gasteiger partial charge in [-0.2, -0.15) is 0 Å². The summed E-state index contributed by atoms with van der Waals surface area (Å²) in [6.07, 6.45) is 6.40. The molecule has 2 aromatic rings. The normalized spacial score (nSPS) is 19.8. The average Bonchev–Trinajstić information content (AvgIpc) is 3.42. The highest BCUT2D eigenvalue weighted by Crippen LogP contribution is 2.42. The fourth-order valence-corrected chi connectivity index (χ4v) is 4.71. The highest BCUT2D eigenvalue weighted by atomic mass is 16.5. The predicted octanol–water partition coefficient (Wildman–Crippen LogP) is 2.90. The van der Waals surface area contributed by atoms with Crippen LogP contribution in [0.15, 0.2) is 35.6 Å². The van der Waals surface area contributed by atoms with Gasteiger partial charge >= 0.3 is 0 Å². The van der Waals surface area contributed by atoms with Gasteiger partial charge < -0.3 is 9.30 Å². The Bertz CT molecular complexity index is 940. The van der Waals surface area contributed by atoms with Crippen LogP contribution in [0.3, 0.4) is 0 Å². The van der Waals surface area contributed by atoms with Crippen molar-refractivity contribution in [3.05, 3.63) is 41.9 Å². The molecular formula is C21H25N5O2. The summed E-state index contributed by atoms with van der Waals surface area (Å²) in [4.78, 5) is 26.6. The lowest BCUT2D eigenvalue weighted by Crippen LogP contribution is -2.51. The quantitative estimate of drug-likeness (QED) is 0.819. The number of anilines is 1. The highest BCUT2D eigenvalue weighted by molar-refractivity contribution is 6.18. The van der Waals surface area contributed by atoms with Crippen LogP contribution in [0.5, 0.6) is 5.75 Å². The summed E-state index contributed by atoms with van der Waals surface area (Å²) in [6.45, 7) is 4.10. The average molecular weight is 379 g/mol. The van der Waals surface area contributed by atoms with E-state index in [1.807, 2.05) is 31.2 Å². The summed E-state index contributed by atoms with van der Waals surface area (Å²) in [5.41, 5.74) is 1.63. The number of hydrogen-bond acceptors (Lipinski definition) is 5. The molecule has 1 saturated carbocycles. The van der Waals surface area contributed by atoms with Crippen molar-refractivity contribution in [2.75, 3.05) is 25.1 Å². The first-order valence-electron chi connectivity index (χ1n) is 10.0. The first kappa shape index (κ1) is 17.3. The zero-order chi connectivity index (χ0) is 19.3. The Morgan fingerprint density at radius 2 is 1.93 bits per heavy atom. The number of carbonyl (C=O) groups is 1. The third-order valence-corrected chi connectivity index (χ3v) is 6.15. The number of benzene rings is 1.